The number of phenolic OH excluding ortho intramolecular Hbond substituents is 1. The van der Waals surface area contributed by atoms with Gasteiger partial charge in [-0.3, -0.25) is 4.90 Å². The predicted molar refractivity (Wildman–Crippen MR) is 103 cm³/mol. The highest BCUT2D eigenvalue weighted by molar-refractivity contribution is 5.85. The molecule has 0 bridgehead atoms. The van der Waals surface area contributed by atoms with Crippen LogP contribution in [0.4, 0.5) is 0 Å². The van der Waals surface area contributed by atoms with Crippen molar-refractivity contribution in [2.45, 2.75) is 38.1 Å². The molecule has 138 valence electrons. The second-order valence-electron chi connectivity index (χ2n) is 6.56. The lowest BCUT2D eigenvalue weighted by atomic mass is 9.80. The number of hydrogen-bond donors (Lipinski definition) is 2. The summed E-state index contributed by atoms with van der Waals surface area (Å²) in [7, 11) is 1.70. The minimum Gasteiger partial charge on any atom is -0.508 e. The molecule has 1 saturated carbocycles. The van der Waals surface area contributed by atoms with Crippen molar-refractivity contribution in [2.75, 3.05) is 33.3 Å². The van der Waals surface area contributed by atoms with Gasteiger partial charge in [-0.15, -0.1) is 24.8 Å². The smallest absolute Gasteiger partial charge is 0.127 e. The Morgan fingerprint density at radius 2 is 1.79 bits per heavy atom. The van der Waals surface area contributed by atoms with Gasteiger partial charge in [0, 0.05) is 43.9 Å². The summed E-state index contributed by atoms with van der Waals surface area (Å²) in [5, 5.41) is 13.2. The van der Waals surface area contributed by atoms with Crippen LogP contribution in [0.25, 0.3) is 0 Å². The van der Waals surface area contributed by atoms with Gasteiger partial charge in [0.15, 0.2) is 0 Å². The van der Waals surface area contributed by atoms with Crippen molar-refractivity contribution in [1.82, 2.24) is 10.2 Å². The third-order valence-electron chi connectivity index (χ3n) is 5.18. The lowest BCUT2D eigenvalue weighted by molar-refractivity contribution is 0.101. The predicted octanol–water partition coefficient (Wildman–Crippen LogP) is 3.77. The van der Waals surface area contributed by atoms with E-state index in [1.54, 1.807) is 19.2 Å². The first-order valence-electron chi connectivity index (χ1n) is 8.61. The molecule has 0 aromatic heterocycles. The van der Waals surface area contributed by atoms with Crippen molar-refractivity contribution in [3.8, 4) is 11.5 Å². The maximum absolute atomic E-state index is 9.77. The molecule has 1 atom stereocenters. The summed E-state index contributed by atoms with van der Waals surface area (Å²) in [6.45, 7) is 4.30. The lowest BCUT2D eigenvalue weighted by Crippen LogP contribution is -2.47. The lowest BCUT2D eigenvalue weighted by Gasteiger charge is -2.41. The van der Waals surface area contributed by atoms with Crippen molar-refractivity contribution in [1.29, 1.82) is 0 Å². The second-order valence-corrected chi connectivity index (χ2v) is 6.56. The molecule has 0 radical (unpaired) electrons. The van der Waals surface area contributed by atoms with E-state index in [0.29, 0.717) is 12.0 Å². The fourth-order valence-corrected chi connectivity index (χ4v) is 4.10. The van der Waals surface area contributed by atoms with E-state index in [4.69, 9.17) is 4.74 Å². The van der Waals surface area contributed by atoms with Crippen molar-refractivity contribution in [2.24, 2.45) is 5.92 Å². The first-order valence-corrected chi connectivity index (χ1v) is 8.61. The van der Waals surface area contributed by atoms with Crippen LogP contribution in [0, 0.1) is 5.92 Å². The van der Waals surface area contributed by atoms with E-state index in [1.807, 2.05) is 0 Å². The fraction of sp³-hybridized carbons (Fsp3) is 0.667. The van der Waals surface area contributed by atoms with Gasteiger partial charge < -0.3 is 15.2 Å². The molecule has 2 fully saturated rings. The summed E-state index contributed by atoms with van der Waals surface area (Å²) < 4.78 is 5.59. The molecule has 0 amide bonds. The Bertz CT molecular complexity index is 472. The summed E-state index contributed by atoms with van der Waals surface area (Å²) in [4.78, 5) is 2.61. The first kappa shape index (κ1) is 21.4. The number of nitrogens with zero attached hydrogens (tertiary/aromatic N) is 1. The zero-order valence-corrected chi connectivity index (χ0v) is 16.0. The molecule has 0 spiro atoms. The third-order valence-corrected chi connectivity index (χ3v) is 5.18. The van der Waals surface area contributed by atoms with E-state index in [2.05, 4.69) is 16.3 Å². The zero-order valence-electron chi connectivity index (χ0n) is 14.4. The van der Waals surface area contributed by atoms with Gasteiger partial charge in [0.2, 0.25) is 0 Å². The van der Waals surface area contributed by atoms with Gasteiger partial charge in [-0.1, -0.05) is 25.3 Å². The maximum Gasteiger partial charge on any atom is 0.127 e. The van der Waals surface area contributed by atoms with Gasteiger partial charge in [0.1, 0.15) is 11.5 Å². The number of hydrogen-bond acceptors (Lipinski definition) is 4. The Morgan fingerprint density at radius 3 is 2.42 bits per heavy atom. The van der Waals surface area contributed by atoms with Crippen molar-refractivity contribution >= 4 is 24.8 Å². The Balaban J connectivity index is 0.00000144. The first-order chi connectivity index (χ1) is 10.8. The van der Waals surface area contributed by atoms with Crippen molar-refractivity contribution in [3.63, 3.8) is 0 Å². The number of phenols is 1. The van der Waals surface area contributed by atoms with Gasteiger partial charge in [0.05, 0.1) is 7.11 Å². The van der Waals surface area contributed by atoms with E-state index >= 15 is 0 Å². The molecule has 1 saturated heterocycles. The molecule has 24 heavy (non-hydrogen) atoms. The summed E-state index contributed by atoms with van der Waals surface area (Å²) in [6.07, 6.45) is 6.66. The number of nitrogens with one attached hydrogen (secondary N) is 1. The number of aromatic hydroxyl groups is 1. The summed E-state index contributed by atoms with van der Waals surface area (Å²) in [6, 6.07) is 6.04. The van der Waals surface area contributed by atoms with E-state index in [-0.39, 0.29) is 30.6 Å². The Kier molecular flexibility index (Phi) is 9.21. The van der Waals surface area contributed by atoms with E-state index < -0.39 is 0 Å². The SMILES string of the molecule is COc1cc(O)ccc1[C@@H](C1CCCCC1)N1CCNCC1.Cl.Cl. The number of halogens is 2. The van der Waals surface area contributed by atoms with Crippen molar-refractivity contribution in [3.05, 3.63) is 23.8 Å². The zero-order chi connectivity index (χ0) is 15.4. The molecule has 0 unspecified atom stereocenters. The van der Waals surface area contributed by atoms with Crippen LogP contribution in [0.5, 0.6) is 11.5 Å². The normalized spacial score (nSPS) is 20.5. The second kappa shape index (κ2) is 10.3. The number of rotatable bonds is 4. The molecule has 6 heteroatoms. The fourth-order valence-electron chi connectivity index (χ4n) is 4.10. The molecule has 1 aromatic carbocycles. The summed E-state index contributed by atoms with van der Waals surface area (Å²) in [5.41, 5.74) is 1.24. The van der Waals surface area contributed by atoms with Crippen molar-refractivity contribution < 1.29 is 9.84 Å². The third kappa shape index (κ3) is 4.92. The van der Waals surface area contributed by atoms with E-state index in [9.17, 15) is 5.11 Å². The largest absolute Gasteiger partial charge is 0.508 e. The van der Waals surface area contributed by atoms with E-state index in [0.717, 1.165) is 31.9 Å². The quantitative estimate of drug-likeness (QED) is 0.839. The van der Waals surface area contributed by atoms with Crippen LogP contribution in [0.2, 0.25) is 0 Å². The average molecular weight is 377 g/mol. The molecule has 1 aromatic rings. The van der Waals surface area contributed by atoms with Crippen LogP contribution in [0.1, 0.15) is 43.7 Å². The molecule has 4 nitrogen and oxygen atoms in total. The minimum absolute atomic E-state index is 0. The van der Waals surface area contributed by atoms with Crippen LogP contribution in [0.3, 0.4) is 0 Å². The topological polar surface area (TPSA) is 44.7 Å². The van der Waals surface area contributed by atoms with Gasteiger partial charge in [-0.2, -0.15) is 0 Å². The Morgan fingerprint density at radius 1 is 1.12 bits per heavy atom. The molecule has 1 aliphatic carbocycles. The summed E-state index contributed by atoms with van der Waals surface area (Å²) >= 11 is 0. The van der Waals surface area contributed by atoms with Gasteiger partial charge >= 0.3 is 0 Å². The number of piperazine rings is 1. The number of ether oxygens (including phenoxy) is 1. The molecular formula is C18H30Cl2N2O2. The molecule has 1 aliphatic heterocycles. The van der Waals surface area contributed by atoms with Crippen LogP contribution >= 0.6 is 24.8 Å². The highest BCUT2D eigenvalue weighted by Gasteiger charge is 2.32. The minimum atomic E-state index is 0. The van der Waals surface area contributed by atoms with Gasteiger partial charge in [-0.05, 0) is 24.8 Å². The van der Waals surface area contributed by atoms with Gasteiger partial charge in [-0.25, -0.2) is 0 Å². The maximum atomic E-state index is 9.77. The van der Waals surface area contributed by atoms with E-state index in [1.165, 1.54) is 37.7 Å². The van der Waals surface area contributed by atoms with Gasteiger partial charge in [0.25, 0.3) is 0 Å². The van der Waals surface area contributed by atoms with Crippen LogP contribution < -0.4 is 10.1 Å². The average Bonchev–Trinajstić information content (AvgIpc) is 2.58. The Labute approximate surface area is 157 Å². The monoisotopic (exact) mass is 376 g/mol. The summed E-state index contributed by atoms with van der Waals surface area (Å²) in [5.74, 6) is 1.81. The molecular weight excluding hydrogens is 347 g/mol. The molecule has 1 heterocycles. The van der Waals surface area contributed by atoms with Crippen LogP contribution in [-0.4, -0.2) is 43.3 Å². The van der Waals surface area contributed by atoms with Crippen LogP contribution in [0.15, 0.2) is 18.2 Å². The molecule has 3 rings (SSSR count). The molecule has 2 aliphatic rings. The van der Waals surface area contributed by atoms with Crippen LogP contribution in [-0.2, 0) is 0 Å². The molecule has 2 N–H and O–H groups in total. The number of methoxy groups -OCH3 is 1. The standard InChI is InChI=1S/C18H28N2O2.2ClH/c1-22-17-13-15(21)7-8-16(17)18(14-5-3-2-4-6-14)20-11-9-19-10-12-20;;/h7-8,13-14,18-19,21H,2-6,9-12H2,1H3;2*1H/t18-;;/m1../s1. The number of benzene rings is 1. The Hall–Kier alpha value is -0.680. The highest BCUT2D eigenvalue weighted by atomic mass is 35.5. The highest BCUT2D eigenvalue weighted by Crippen LogP contribution is 2.42.